The Bertz CT molecular complexity index is 2020. The van der Waals surface area contributed by atoms with E-state index in [4.69, 9.17) is 19.2 Å². The number of ether oxygens (including phenoxy) is 3. The van der Waals surface area contributed by atoms with E-state index in [2.05, 4.69) is 18.9 Å². The molecular formula is C35H33FN4O6. The first-order valence-corrected chi connectivity index (χ1v) is 14.7. The highest BCUT2D eigenvalue weighted by atomic mass is 19.1. The highest BCUT2D eigenvalue weighted by Gasteiger charge is 2.23. The van der Waals surface area contributed by atoms with Crippen molar-refractivity contribution in [2.24, 2.45) is 5.10 Å². The molecule has 0 aliphatic heterocycles. The van der Waals surface area contributed by atoms with Crippen LogP contribution in [0.15, 0.2) is 82.7 Å². The predicted molar refractivity (Wildman–Crippen MR) is 175 cm³/mol. The van der Waals surface area contributed by atoms with E-state index in [9.17, 15) is 19.3 Å². The van der Waals surface area contributed by atoms with Gasteiger partial charge in [-0.1, -0.05) is 44.2 Å². The van der Waals surface area contributed by atoms with Crippen molar-refractivity contribution in [3.63, 3.8) is 0 Å². The van der Waals surface area contributed by atoms with Crippen molar-refractivity contribution in [1.82, 2.24) is 9.66 Å². The molecule has 0 aliphatic carbocycles. The number of methoxy groups -OCH3 is 1. The van der Waals surface area contributed by atoms with Gasteiger partial charge in [-0.2, -0.15) is 9.78 Å². The van der Waals surface area contributed by atoms with Gasteiger partial charge in [0, 0.05) is 22.8 Å². The van der Waals surface area contributed by atoms with Crippen LogP contribution in [-0.4, -0.2) is 34.5 Å². The number of nitro groups is 1. The molecule has 11 heteroatoms. The first kappa shape index (κ1) is 31.8. The third-order valence-electron chi connectivity index (χ3n) is 7.40. The minimum atomic E-state index is -0.623. The van der Waals surface area contributed by atoms with Crippen LogP contribution in [0.25, 0.3) is 22.3 Å². The molecule has 0 saturated carbocycles. The molecule has 10 nitrogen and oxygen atoms in total. The first-order chi connectivity index (χ1) is 22.1. The van der Waals surface area contributed by atoms with Crippen molar-refractivity contribution in [2.45, 2.75) is 40.2 Å². The second kappa shape index (κ2) is 13.6. The molecule has 0 bridgehead atoms. The van der Waals surface area contributed by atoms with E-state index in [1.54, 1.807) is 30.3 Å². The number of aromatic nitrogens is 2. The highest BCUT2D eigenvalue weighted by Crippen LogP contribution is 2.39. The van der Waals surface area contributed by atoms with Gasteiger partial charge >= 0.3 is 5.69 Å². The molecule has 0 aliphatic rings. The maximum atomic E-state index is 14.2. The molecule has 0 atom stereocenters. The third kappa shape index (κ3) is 6.44. The van der Waals surface area contributed by atoms with E-state index in [-0.39, 0.29) is 35.2 Å². The molecule has 0 N–H and O–H groups in total. The summed E-state index contributed by atoms with van der Waals surface area (Å²) in [6.07, 6.45) is 1.32. The largest absolute Gasteiger partial charge is 0.494 e. The topological polar surface area (TPSA) is 118 Å². The number of halogens is 1. The van der Waals surface area contributed by atoms with Crippen molar-refractivity contribution in [3.05, 3.63) is 121 Å². The standard InChI is InChI=1S/C35H33FN4O6/c1-6-45-31-15-22(4)27(18-26(31)21(2)3)34-38-29-14-10-8-12-25(29)35(41)39(34)37-19-23-16-30(40(42)43)33(32(17-23)44-5)46-20-24-11-7-9-13-28(24)36/h7-19,21H,6,20H2,1-5H3. The summed E-state index contributed by atoms with van der Waals surface area (Å²) in [5, 5.41) is 17.0. The average molecular weight is 625 g/mol. The molecule has 0 radical (unpaired) electrons. The normalized spacial score (nSPS) is 11.4. The second-order valence-corrected chi connectivity index (χ2v) is 10.8. The zero-order chi connectivity index (χ0) is 33.0. The Morgan fingerprint density at radius 2 is 1.78 bits per heavy atom. The van der Waals surface area contributed by atoms with E-state index in [0.717, 1.165) is 16.9 Å². The number of para-hydroxylation sites is 1. The smallest absolute Gasteiger partial charge is 0.315 e. The molecule has 0 amide bonds. The summed E-state index contributed by atoms with van der Waals surface area (Å²) in [5.74, 6) is 0.561. The van der Waals surface area contributed by atoms with E-state index < -0.39 is 22.0 Å². The van der Waals surface area contributed by atoms with E-state index >= 15 is 0 Å². The molecular weight excluding hydrogens is 591 g/mol. The number of fused-ring (bicyclic) bond motifs is 1. The fraction of sp³-hybridized carbons (Fsp3) is 0.229. The SMILES string of the molecule is CCOc1cc(C)c(-c2nc3ccccc3c(=O)n2N=Cc2cc(OC)c(OCc3ccccc3F)c([N+](=O)[O-])c2)cc1C(C)C. The fourth-order valence-corrected chi connectivity index (χ4v) is 5.08. The number of nitro benzene ring substituents is 1. The molecule has 0 fully saturated rings. The summed E-state index contributed by atoms with van der Waals surface area (Å²) in [4.78, 5) is 30.2. The minimum Gasteiger partial charge on any atom is -0.494 e. The van der Waals surface area contributed by atoms with Crippen LogP contribution in [0.5, 0.6) is 17.2 Å². The quantitative estimate of drug-likeness (QED) is 0.0853. The van der Waals surface area contributed by atoms with Gasteiger partial charge in [-0.15, -0.1) is 0 Å². The number of hydrogen-bond donors (Lipinski definition) is 0. The zero-order valence-electron chi connectivity index (χ0n) is 26.1. The summed E-state index contributed by atoms with van der Waals surface area (Å²) in [6, 6.07) is 19.6. The lowest BCUT2D eigenvalue weighted by Gasteiger charge is -2.18. The van der Waals surface area contributed by atoms with E-state index in [1.807, 2.05) is 26.0 Å². The van der Waals surface area contributed by atoms with Crippen molar-refractivity contribution < 1.29 is 23.5 Å². The number of rotatable bonds is 11. The lowest BCUT2D eigenvalue weighted by atomic mass is 9.96. The summed E-state index contributed by atoms with van der Waals surface area (Å²) < 4.78 is 32.4. The molecule has 5 rings (SSSR count). The predicted octanol–water partition coefficient (Wildman–Crippen LogP) is 7.41. The van der Waals surface area contributed by atoms with E-state index in [1.165, 1.54) is 48.3 Å². The average Bonchev–Trinajstić information content (AvgIpc) is 3.04. The van der Waals surface area contributed by atoms with Crippen LogP contribution < -0.4 is 19.8 Å². The molecule has 0 spiro atoms. The molecule has 236 valence electrons. The minimum absolute atomic E-state index is 0.0418. The van der Waals surface area contributed by atoms with Gasteiger partial charge in [0.05, 0.1) is 35.8 Å². The fourth-order valence-electron chi connectivity index (χ4n) is 5.08. The van der Waals surface area contributed by atoms with Crippen LogP contribution in [0.3, 0.4) is 0 Å². The van der Waals surface area contributed by atoms with Crippen molar-refractivity contribution in [2.75, 3.05) is 13.7 Å². The Morgan fingerprint density at radius 1 is 1.04 bits per heavy atom. The lowest BCUT2D eigenvalue weighted by molar-refractivity contribution is -0.386. The maximum absolute atomic E-state index is 14.2. The number of hydrogen-bond acceptors (Lipinski definition) is 8. The maximum Gasteiger partial charge on any atom is 0.315 e. The Labute approximate surface area is 264 Å². The Balaban J connectivity index is 1.64. The molecule has 0 unspecified atom stereocenters. The second-order valence-electron chi connectivity index (χ2n) is 10.8. The van der Waals surface area contributed by atoms with Gasteiger partial charge < -0.3 is 14.2 Å². The van der Waals surface area contributed by atoms with Gasteiger partial charge in [-0.05, 0) is 67.3 Å². The summed E-state index contributed by atoms with van der Waals surface area (Å²) in [5.41, 5.74) is 2.63. The molecule has 4 aromatic carbocycles. The van der Waals surface area contributed by atoms with E-state index in [0.29, 0.717) is 28.9 Å². The van der Waals surface area contributed by atoms with Gasteiger partial charge in [0.15, 0.2) is 11.6 Å². The van der Waals surface area contributed by atoms with Crippen LogP contribution >= 0.6 is 0 Å². The van der Waals surface area contributed by atoms with Crippen LogP contribution in [0.1, 0.15) is 48.9 Å². The summed E-state index contributed by atoms with van der Waals surface area (Å²) in [7, 11) is 1.34. The summed E-state index contributed by atoms with van der Waals surface area (Å²) >= 11 is 0. The van der Waals surface area contributed by atoms with Crippen LogP contribution in [0.4, 0.5) is 10.1 Å². The molecule has 1 heterocycles. The van der Waals surface area contributed by atoms with Gasteiger partial charge in [-0.3, -0.25) is 14.9 Å². The van der Waals surface area contributed by atoms with Gasteiger partial charge in [0.2, 0.25) is 5.75 Å². The van der Waals surface area contributed by atoms with Gasteiger partial charge in [0.1, 0.15) is 18.2 Å². The molecule has 46 heavy (non-hydrogen) atoms. The molecule has 0 saturated heterocycles. The van der Waals surface area contributed by atoms with Crippen molar-refractivity contribution >= 4 is 22.8 Å². The Hall–Kier alpha value is -5.58. The van der Waals surface area contributed by atoms with Crippen LogP contribution in [-0.2, 0) is 6.61 Å². The molecule has 1 aromatic heterocycles. The number of nitrogens with zero attached hydrogens (tertiary/aromatic N) is 4. The Kier molecular flexibility index (Phi) is 9.41. The van der Waals surface area contributed by atoms with Crippen molar-refractivity contribution in [3.8, 4) is 28.6 Å². The lowest BCUT2D eigenvalue weighted by Crippen LogP contribution is -2.21. The third-order valence-corrected chi connectivity index (χ3v) is 7.40. The van der Waals surface area contributed by atoms with Gasteiger partial charge in [0.25, 0.3) is 5.56 Å². The van der Waals surface area contributed by atoms with Crippen LogP contribution in [0.2, 0.25) is 0 Å². The first-order valence-electron chi connectivity index (χ1n) is 14.7. The molecule has 5 aromatic rings. The van der Waals surface area contributed by atoms with Gasteiger partial charge in [-0.25, -0.2) is 9.37 Å². The number of benzene rings is 4. The Morgan fingerprint density at radius 3 is 2.48 bits per heavy atom. The van der Waals surface area contributed by atoms with Crippen LogP contribution in [0, 0.1) is 22.9 Å². The monoisotopic (exact) mass is 624 g/mol. The highest BCUT2D eigenvalue weighted by molar-refractivity contribution is 5.84. The van der Waals surface area contributed by atoms with Crippen molar-refractivity contribution in [1.29, 1.82) is 0 Å². The number of aryl methyl sites for hydroxylation is 1. The summed E-state index contributed by atoms with van der Waals surface area (Å²) in [6.45, 7) is 8.19. The zero-order valence-corrected chi connectivity index (χ0v) is 26.1.